The summed E-state index contributed by atoms with van der Waals surface area (Å²) in [5, 5.41) is 11.9. The molecule has 0 unspecified atom stereocenters. The van der Waals surface area contributed by atoms with Crippen LogP contribution in [0, 0.1) is 18.6 Å². The molecule has 0 fully saturated rings. The maximum absolute atomic E-state index is 13.6. The molecule has 100 valence electrons. The molecule has 0 saturated carbocycles. The molecule has 0 atom stereocenters. The van der Waals surface area contributed by atoms with Crippen molar-refractivity contribution in [3.63, 3.8) is 0 Å². The first-order valence-electron chi connectivity index (χ1n) is 5.01. The van der Waals surface area contributed by atoms with Crippen molar-refractivity contribution < 1.29 is 18.7 Å². The second-order valence-corrected chi connectivity index (χ2v) is 5.27. The van der Waals surface area contributed by atoms with Crippen molar-refractivity contribution in [2.75, 3.05) is 5.32 Å². The molecule has 0 aliphatic heterocycles. The van der Waals surface area contributed by atoms with Gasteiger partial charge in [-0.1, -0.05) is 0 Å². The molecule has 0 saturated heterocycles. The number of hydrogen-bond acceptors (Lipinski definition) is 4. The zero-order valence-corrected chi connectivity index (χ0v) is 11.9. The molecular formula is C11H7BrF2N2O2S. The van der Waals surface area contributed by atoms with Gasteiger partial charge in [0.1, 0.15) is 16.4 Å². The fraction of sp³-hybridized carbons (Fsp3) is 0.0909. The maximum Gasteiger partial charge on any atom is 0.340 e. The Morgan fingerprint density at radius 3 is 2.74 bits per heavy atom. The van der Waals surface area contributed by atoms with Gasteiger partial charge in [-0.25, -0.2) is 13.6 Å². The lowest BCUT2D eigenvalue weighted by Crippen LogP contribution is -2.03. The largest absolute Gasteiger partial charge is 0.478 e. The lowest BCUT2D eigenvalue weighted by Gasteiger charge is -2.08. The predicted molar refractivity (Wildman–Crippen MR) is 71.2 cm³/mol. The molecule has 4 nitrogen and oxygen atoms in total. The Labute approximate surface area is 119 Å². The van der Waals surface area contributed by atoms with Crippen molar-refractivity contribution in [2.24, 2.45) is 0 Å². The Kier molecular flexibility index (Phi) is 3.81. The molecule has 2 N–H and O–H groups in total. The van der Waals surface area contributed by atoms with Gasteiger partial charge in [-0.3, -0.25) is 0 Å². The lowest BCUT2D eigenvalue weighted by molar-refractivity contribution is 0.0697. The van der Waals surface area contributed by atoms with Crippen LogP contribution in [0.5, 0.6) is 0 Å². The number of carboxylic acids is 1. The number of anilines is 2. The van der Waals surface area contributed by atoms with E-state index in [2.05, 4.69) is 25.6 Å². The van der Waals surface area contributed by atoms with E-state index >= 15 is 0 Å². The molecule has 0 amide bonds. The van der Waals surface area contributed by atoms with E-state index in [0.29, 0.717) is 11.8 Å². The number of aromatic carboxylic acids is 1. The number of rotatable bonds is 3. The number of nitrogens with one attached hydrogen (secondary N) is 1. The van der Waals surface area contributed by atoms with Crippen LogP contribution in [0.2, 0.25) is 0 Å². The van der Waals surface area contributed by atoms with Crippen molar-refractivity contribution in [3.05, 3.63) is 39.5 Å². The van der Waals surface area contributed by atoms with Gasteiger partial charge >= 0.3 is 5.97 Å². The Morgan fingerprint density at radius 2 is 2.16 bits per heavy atom. The summed E-state index contributed by atoms with van der Waals surface area (Å²) in [6.07, 6.45) is 0. The number of benzene rings is 1. The van der Waals surface area contributed by atoms with E-state index in [4.69, 9.17) is 5.11 Å². The average Bonchev–Trinajstić information content (AvgIpc) is 2.64. The topological polar surface area (TPSA) is 62.2 Å². The molecule has 0 bridgehead atoms. The highest BCUT2D eigenvalue weighted by atomic mass is 79.9. The summed E-state index contributed by atoms with van der Waals surface area (Å²) >= 11 is 3.92. The van der Waals surface area contributed by atoms with Crippen LogP contribution in [-0.2, 0) is 0 Å². The SMILES string of the molecule is Cc1nsc(Nc2c(F)cc(F)cc2Br)c1C(=O)O. The summed E-state index contributed by atoms with van der Waals surface area (Å²) in [6, 6.07) is 1.79. The minimum Gasteiger partial charge on any atom is -0.478 e. The molecule has 0 spiro atoms. The second-order valence-electron chi connectivity index (χ2n) is 3.65. The van der Waals surface area contributed by atoms with Crippen LogP contribution in [0.4, 0.5) is 19.5 Å². The summed E-state index contributed by atoms with van der Waals surface area (Å²) in [4.78, 5) is 11.1. The third-order valence-electron chi connectivity index (χ3n) is 2.32. The average molecular weight is 349 g/mol. The smallest absolute Gasteiger partial charge is 0.340 e. The molecule has 2 rings (SSSR count). The third kappa shape index (κ3) is 2.74. The monoisotopic (exact) mass is 348 g/mol. The Morgan fingerprint density at radius 1 is 1.47 bits per heavy atom. The lowest BCUT2D eigenvalue weighted by atomic mass is 10.2. The summed E-state index contributed by atoms with van der Waals surface area (Å²) in [6.45, 7) is 1.54. The van der Waals surface area contributed by atoms with Gasteiger partial charge in [-0.15, -0.1) is 0 Å². The minimum absolute atomic E-state index is 0.0272. The summed E-state index contributed by atoms with van der Waals surface area (Å²) in [5.74, 6) is -2.71. The van der Waals surface area contributed by atoms with E-state index < -0.39 is 17.6 Å². The van der Waals surface area contributed by atoms with Gasteiger partial charge in [-0.05, 0) is 40.5 Å². The number of aryl methyl sites for hydroxylation is 1. The van der Waals surface area contributed by atoms with Gasteiger partial charge in [0.15, 0.2) is 5.82 Å². The quantitative estimate of drug-likeness (QED) is 0.881. The fourth-order valence-corrected chi connectivity index (χ4v) is 2.78. The molecule has 19 heavy (non-hydrogen) atoms. The maximum atomic E-state index is 13.6. The Hall–Kier alpha value is -1.54. The van der Waals surface area contributed by atoms with Crippen LogP contribution in [0.3, 0.4) is 0 Å². The molecule has 1 aromatic carbocycles. The van der Waals surface area contributed by atoms with E-state index in [1.165, 1.54) is 0 Å². The van der Waals surface area contributed by atoms with E-state index in [1.807, 2.05) is 0 Å². The van der Waals surface area contributed by atoms with Crippen molar-refractivity contribution in [1.82, 2.24) is 4.37 Å². The number of halogens is 3. The number of aromatic nitrogens is 1. The molecule has 1 aromatic heterocycles. The second kappa shape index (κ2) is 5.22. The molecule has 0 aliphatic carbocycles. The molecule has 8 heteroatoms. The highest BCUT2D eigenvalue weighted by Crippen LogP contribution is 2.33. The van der Waals surface area contributed by atoms with Gasteiger partial charge < -0.3 is 10.4 Å². The van der Waals surface area contributed by atoms with Crippen molar-refractivity contribution >= 4 is 44.1 Å². The number of hydrogen-bond donors (Lipinski definition) is 2. The van der Waals surface area contributed by atoms with Crippen molar-refractivity contribution in [3.8, 4) is 0 Å². The summed E-state index contributed by atoms with van der Waals surface area (Å²) in [5.41, 5.74) is 0.270. The normalized spacial score (nSPS) is 10.5. The summed E-state index contributed by atoms with van der Waals surface area (Å²) < 4.78 is 30.7. The minimum atomic E-state index is -1.16. The van der Waals surface area contributed by atoms with Crippen LogP contribution in [0.25, 0.3) is 0 Å². The van der Waals surface area contributed by atoms with Gasteiger partial charge in [0.2, 0.25) is 0 Å². The first kappa shape index (κ1) is 13.9. The molecule has 2 aromatic rings. The first-order valence-corrected chi connectivity index (χ1v) is 6.58. The predicted octanol–water partition coefficient (Wildman–Crippen LogP) is 3.93. The number of carbonyl (C=O) groups is 1. The van der Waals surface area contributed by atoms with Gasteiger partial charge in [-0.2, -0.15) is 4.37 Å². The van der Waals surface area contributed by atoms with E-state index in [1.54, 1.807) is 6.92 Å². The zero-order valence-electron chi connectivity index (χ0n) is 9.50. The van der Waals surface area contributed by atoms with Gasteiger partial charge in [0, 0.05) is 10.5 Å². The summed E-state index contributed by atoms with van der Waals surface area (Å²) in [7, 11) is 0. The Balaban J connectivity index is 2.45. The van der Waals surface area contributed by atoms with E-state index in [0.717, 1.165) is 17.6 Å². The van der Waals surface area contributed by atoms with Gasteiger partial charge in [0.25, 0.3) is 0 Å². The molecular weight excluding hydrogens is 342 g/mol. The molecule has 0 radical (unpaired) electrons. The fourth-order valence-electron chi connectivity index (χ4n) is 1.48. The first-order chi connectivity index (χ1) is 8.90. The van der Waals surface area contributed by atoms with Crippen LogP contribution in [0.15, 0.2) is 16.6 Å². The highest BCUT2D eigenvalue weighted by Gasteiger charge is 2.19. The zero-order chi connectivity index (χ0) is 14.2. The van der Waals surface area contributed by atoms with E-state index in [9.17, 15) is 13.6 Å². The van der Waals surface area contributed by atoms with Crippen LogP contribution < -0.4 is 5.32 Å². The van der Waals surface area contributed by atoms with Gasteiger partial charge in [0.05, 0.1) is 11.4 Å². The molecule has 0 aliphatic rings. The number of carboxylic acid groups (broad SMARTS) is 1. The van der Waals surface area contributed by atoms with Crippen LogP contribution >= 0.6 is 27.5 Å². The van der Waals surface area contributed by atoms with Crippen molar-refractivity contribution in [1.29, 1.82) is 0 Å². The Bertz CT molecular complexity index is 637. The van der Waals surface area contributed by atoms with Crippen LogP contribution in [0.1, 0.15) is 16.1 Å². The third-order valence-corrected chi connectivity index (χ3v) is 3.80. The van der Waals surface area contributed by atoms with Crippen LogP contribution in [-0.4, -0.2) is 15.4 Å². The van der Waals surface area contributed by atoms with Crippen molar-refractivity contribution in [2.45, 2.75) is 6.92 Å². The van der Waals surface area contributed by atoms with E-state index in [-0.39, 0.29) is 20.7 Å². The number of nitrogens with zero attached hydrogens (tertiary/aromatic N) is 1. The molecule has 1 heterocycles. The standard InChI is InChI=1S/C11H7BrF2N2O2S/c1-4-8(11(17)18)10(19-16-4)15-9-6(12)2-5(13)3-7(9)14/h2-3,15H,1H3,(H,17,18). The highest BCUT2D eigenvalue weighted by molar-refractivity contribution is 9.10.